The number of rotatable bonds is 11. The fourth-order valence-corrected chi connectivity index (χ4v) is 4.03. The van der Waals surface area contributed by atoms with Crippen molar-refractivity contribution >= 4 is 34.3 Å². The third-order valence-corrected chi connectivity index (χ3v) is 5.97. The summed E-state index contributed by atoms with van der Waals surface area (Å²) in [6.45, 7) is 1.12. The number of fused-ring (bicyclic) bond motifs is 1. The number of hydrogen-bond acceptors (Lipinski definition) is 6. The van der Waals surface area contributed by atoms with Crippen LogP contribution in [0.1, 0.15) is 30.3 Å². The number of benzene rings is 3. The molecule has 0 unspecified atom stereocenters. The first kappa shape index (κ1) is 26.7. The van der Waals surface area contributed by atoms with Gasteiger partial charge in [-0.25, -0.2) is 14.5 Å². The topological polar surface area (TPSA) is 97.3 Å². The Balaban J connectivity index is 1.44. The fourth-order valence-electron chi connectivity index (χ4n) is 3.86. The molecule has 194 valence electrons. The molecule has 0 fully saturated rings. The summed E-state index contributed by atoms with van der Waals surface area (Å²) in [4.78, 5) is 30.2. The maximum absolute atomic E-state index is 13.5. The zero-order valence-electron chi connectivity index (χ0n) is 20.7. The lowest BCUT2D eigenvalue weighted by atomic mass is 10.1. The molecule has 0 bridgehead atoms. The fraction of sp³-hybridized carbons (Fsp3) is 0.207. The summed E-state index contributed by atoms with van der Waals surface area (Å²) >= 11 is 6.18. The molecule has 0 aliphatic heterocycles. The quantitative estimate of drug-likeness (QED) is 0.189. The standard InChI is InChI=1S/C29H28ClN5O3/c1-2-10-25(31-17-9-18-32-29(37)38-20-21-11-5-3-6-12-21)27-33-26-19-22(30)15-16-24(26)28(36)35(27)34-23-13-7-4-8-14-23/h1,3-8,11-16,19,25,31,34H,9-10,17-18,20H2,(H,32,37)/t25-/m1/s1. The lowest BCUT2D eigenvalue weighted by Crippen LogP contribution is -2.36. The van der Waals surface area contributed by atoms with E-state index in [1.54, 1.807) is 18.2 Å². The van der Waals surface area contributed by atoms with E-state index >= 15 is 0 Å². The molecule has 8 nitrogen and oxygen atoms in total. The summed E-state index contributed by atoms with van der Waals surface area (Å²) in [6, 6.07) is 23.4. The van der Waals surface area contributed by atoms with Crippen molar-refractivity contribution in [2.24, 2.45) is 0 Å². The van der Waals surface area contributed by atoms with E-state index in [1.807, 2.05) is 60.7 Å². The molecular weight excluding hydrogens is 502 g/mol. The molecule has 0 aliphatic rings. The summed E-state index contributed by atoms with van der Waals surface area (Å²) in [5.41, 5.74) is 5.02. The van der Waals surface area contributed by atoms with E-state index in [0.29, 0.717) is 47.7 Å². The van der Waals surface area contributed by atoms with Gasteiger partial charge >= 0.3 is 6.09 Å². The van der Waals surface area contributed by atoms with Crippen molar-refractivity contribution in [1.29, 1.82) is 0 Å². The van der Waals surface area contributed by atoms with Gasteiger partial charge in [0.1, 0.15) is 12.4 Å². The number of nitrogens with zero attached hydrogens (tertiary/aromatic N) is 2. The monoisotopic (exact) mass is 529 g/mol. The predicted molar refractivity (Wildman–Crippen MR) is 150 cm³/mol. The van der Waals surface area contributed by atoms with Crippen molar-refractivity contribution in [3.8, 4) is 12.3 Å². The van der Waals surface area contributed by atoms with Gasteiger partial charge in [-0.1, -0.05) is 60.1 Å². The van der Waals surface area contributed by atoms with E-state index in [1.165, 1.54) is 4.68 Å². The number of halogens is 1. The Hall–Kier alpha value is -4.32. The highest BCUT2D eigenvalue weighted by Gasteiger charge is 2.20. The first-order valence-corrected chi connectivity index (χ1v) is 12.6. The van der Waals surface area contributed by atoms with Crippen molar-refractivity contribution in [2.75, 3.05) is 18.5 Å². The molecule has 1 atom stereocenters. The van der Waals surface area contributed by atoms with E-state index in [-0.39, 0.29) is 12.2 Å². The van der Waals surface area contributed by atoms with Crippen molar-refractivity contribution < 1.29 is 9.53 Å². The van der Waals surface area contributed by atoms with Gasteiger partial charge in [-0.05, 0) is 48.9 Å². The van der Waals surface area contributed by atoms with Crippen LogP contribution in [0.5, 0.6) is 0 Å². The van der Waals surface area contributed by atoms with Crippen LogP contribution in [0.3, 0.4) is 0 Å². The molecule has 4 aromatic rings. The third kappa shape index (κ3) is 7.13. The smallest absolute Gasteiger partial charge is 0.407 e. The van der Waals surface area contributed by atoms with Gasteiger partial charge in [0.05, 0.1) is 22.6 Å². The SMILES string of the molecule is C#CC[C@@H](NCCCNC(=O)OCc1ccccc1)c1nc2cc(Cl)ccc2c(=O)n1Nc1ccccc1. The maximum Gasteiger partial charge on any atom is 0.407 e. The Bertz CT molecular complexity index is 1470. The van der Waals surface area contributed by atoms with Crippen LogP contribution < -0.4 is 21.6 Å². The minimum atomic E-state index is -0.483. The number of terminal acetylenes is 1. The highest BCUT2D eigenvalue weighted by atomic mass is 35.5. The van der Waals surface area contributed by atoms with E-state index < -0.39 is 12.1 Å². The predicted octanol–water partition coefficient (Wildman–Crippen LogP) is 4.90. The molecule has 0 aliphatic carbocycles. The van der Waals surface area contributed by atoms with Crippen LogP contribution >= 0.6 is 11.6 Å². The van der Waals surface area contributed by atoms with Crippen molar-refractivity contribution in [1.82, 2.24) is 20.3 Å². The molecule has 0 radical (unpaired) electrons. The van der Waals surface area contributed by atoms with Crippen molar-refractivity contribution in [3.05, 3.63) is 106 Å². The maximum atomic E-state index is 13.5. The van der Waals surface area contributed by atoms with Gasteiger partial charge < -0.3 is 15.4 Å². The number of aromatic nitrogens is 2. The number of carbonyl (C=O) groups is 1. The number of hydrogen-bond donors (Lipinski definition) is 3. The normalized spacial score (nSPS) is 11.5. The summed E-state index contributed by atoms with van der Waals surface area (Å²) < 4.78 is 6.65. The van der Waals surface area contributed by atoms with E-state index in [2.05, 4.69) is 22.0 Å². The summed E-state index contributed by atoms with van der Waals surface area (Å²) in [7, 11) is 0. The van der Waals surface area contributed by atoms with Gasteiger partial charge in [-0.3, -0.25) is 10.2 Å². The minimum absolute atomic E-state index is 0.207. The second-order valence-corrected chi connectivity index (χ2v) is 8.94. The van der Waals surface area contributed by atoms with E-state index in [0.717, 1.165) is 11.3 Å². The highest BCUT2D eigenvalue weighted by molar-refractivity contribution is 6.31. The molecule has 0 saturated heterocycles. The zero-order valence-corrected chi connectivity index (χ0v) is 21.4. The van der Waals surface area contributed by atoms with Gasteiger partial charge in [-0.2, -0.15) is 0 Å². The van der Waals surface area contributed by atoms with E-state index in [9.17, 15) is 9.59 Å². The van der Waals surface area contributed by atoms with Crippen LogP contribution in [-0.2, 0) is 11.3 Å². The minimum Gasteiger partial charge on any atom is -0.445 e. The average Bonchev–Trinajstić information content (AvgIpc) is 2.93. The molecule has 38 heavy (non-hydrogen) atoms. The van der Waals surface area contributed by atoms with E-state index in [4.69, 9.17) is 27.7 Å². The van der Waals surface area contributed by atoms with Crippen LogP contribution in [0.25, 0.3) is 10.9 Å². The molecule has 0 saturated carbocycles. The largest absolute Gasteiger partial charge is 0.445 e. The van der Waals surface area contributed by atoms with Gasteiger partial charge in [0.15, 0.2) is 0 Å². The Labute approximate surface area is 226 Å². The molecule has 1 amide bonds. The number of carbonyl (C=O) groups excluding carboxylic acids is 1. The second-order valence-electron chi connectivity index (χ2n) is 8.51. The Morgan fingerprint density at radius 1 is 1.05 bits per heavy atom. The number of nitrogens with one attached hydrogen (secondary N) is 3. The van der Waals surface area contributed by atoms with Crippen LogP contribution in [0.15, 0.2) is 83.7 Å². The summed E-state index contributed by atoms with van der Waals surface area (Å²) in [5.74, 6) is 3.10. The molecule has 1 aromatic heterocycles. The van der Waals surface area contributed by atoms with Gasteiger partial charge in [0.2, 0.25) is 0 Å². The van der Waals surface area contributed by atoms with Crippen LogP contribution in [0, 0.1) is 12.3 Å². The zero-order chi connectivity index (χ0) is 26.7. The van der Waals surface area contributed by atoms with Gasteiger partial charge in [-0.15, -0.1) is 12.3 Å². The first-order valence-electron chi connectivity index (χ1n) is 12.2. The van der Waals surface area contributed by atoms with Gasteiger partial charge in [0, 0.05) is 18.0 Å². The van der Waals surface area contributed by atoms with Gasteiger partial charge in [0.25, 0.3) is 5.56 Å². The number of amides is 1. The molecule has 3 N–H and O–H groups in total. The number of ether oxygens (including phenoxy) is 1. The number of alkyl carbamates (subject to hydrolysis) is 1. The van der Waals surface area contributed by atoms with Crippen LogP contribution in [-0.4, -0.2) is 28.8 Å². The average molecular weight is 530 g/mol. The van der Waals surface area contributed by atoms with Crippen molar-refractivity contribution in [2.45, 2.75) is 25.5 Å². The summed E-state index contributed by atoms with van der Waals surface area (Å²) in [5, 5.41) is 7.03. The second kappa shape index (κ2) is 13.3. The number of para-hydroxylation sites is 1. The number of anilines is 1. The Morgan fingerprint density at radius 3 is 2.53 bits per heavy atom. The molecule has 1 heterocycles. The Kier molecular flexibility index (Phi) is 9.35. The third-order valence-electron chi connectivity index (χ3n) is 5.73. The van der Waals surface area contributed by atoms with Crippen LogP contribution in [0.4, 0.5) is 10.5 Å². The molecule has 3 aromatic carbocycles. The lowest BCUT2D eigenvalue weighted by molar-refractivity contribution is 0.139. The van der Waals surface area contributed by atoms with Crippen molar-refractivity contribution in [3.63, 3.8) is 0 Å². The van der Waals surface area contributed by atoms with Crippen LogP contribution in [0.2, 0.25) is 5.02 Å². The molecule has 9 heteroatoms. The molecule has 4 rings (SSSR count). The molecule has 0 spiro atoms. The Morgan fingerprint density at radius 2 is 1.79 bits per heavy atom. The highest BCUT2D eigenvalue weighted by Crippen LogP contribution is 2.20. The molecular formula is C29H28ClN5O3. The first-order chi connectivity index (χ1) is 18.5. The summed E-state index contributed by atoms with van der Waals surface area (Å²) in [6.07, 6.45) is 6.09. The lowest BCUT2D eigenvalue weighted by Gasteiger charge is -2.22.